The Morgan fingerprint density at radius 1 is 1.56 bits per heavy atom. The summed E-state index contributed by atoms with van der Waals surface area (Å²) in [5, 5.41) is 14.1. The molecular weight excluding hydrogens is 222 g/mol. The SMILES string of the molecule is CCC(NCCCCC(=O)O)c1cccs1. The summed E-state index contributed by atoms with van der Waals surface area (Å²) in [5.74, 6) is -0.703. The maximum Gasteiger partial charge on any atom is 0.303 e. The van der Waals surface area contributed by atoms with Crippen molar-refractivity contribution < 1.29 is 9.90 Å². The van der Waals surface area contributed by atoms with Crippen molar-refractivity contribution in [3.63, 3.8) is 0 Å². The summed E-state index contributed by atoms with van der Waals surface area (Å²) in [6, 6.07) is 4.63. The third-order valence-electron chi connectivity index (χ3n) is 2.50. The van der Waals surface area contributed by atoms with Crippen molar-refractivity contribution in [2.75, 3.05) is 6.54 Å². The Labute approximate surface area is 100 Å². The first-order chi connectivity index (χ1) is 7.74. The number of carboxylic acids is 1. The summed E-state index contributed by atoms with van der Waals surface area (Å²) in [5.41, 5.74) is 0. The molecule has 2 N–H and O–H groups in total. The Balaban J connectivity index is 2.18. The van der Waals surface area contributed by atoms with Crippen LogP contribution in [0.4, 0.5) is 0 Å². The molecule has 0 amide bonds. The van der Waals surface area contributed by atoms with Crippen molar-refractivity contribution in [3.8, 4) is 0 Å². The number of hydrogen-bond donors (Lipinski definition) is 2. The summed E-state index contributed by atoms with van der Waals surface area (Å²) in [4.78, 5) is 11.7. The van der Waals surface area contributed by atoms with Gasteiger partial charge < -0.3 is 10.4 Å². The van der Waals surface area contributed by atoms with Crippen molar-refractivity contribution in [3.05, 3.63) is 22.4 Å². The van der Waals surface area contributed by atoms with Crippen LogP contribution in [-0.2, 0) is 4.79 Å². The molecule has 0 saturated heterocycles. The molecule has 1 unspecified atom stereocenters. The predicted molar refractivity (Wildman–Crippen MR) is 66.8 cm³/mol. The minimum absolute atomic E-state index is 0.275. The molecule has 3 nitrogen and oxygen atoms in total. The van der Waals surface area contributed by atoms with Crippen molar-refractivity contribution in [2.24, 2.45) is 0 Å². The number of carbonyl (C=O) groups is 1. The zero-order valence-electron chi connectivity index (χ0n) is 9.61. The number of nitrogens with one attached hydrogen (secondary N) is 1. The molecule has 1 rings (SSSR count). The quantitative estimate of drug-likeness (QED) is 0.688. The lowest BCUT2D eigenvalue weighted by molar-refractivity contribution is -0.137. The highest BCUT2D eigenvalue weighted by atomic mass is 32.1. The minimum Gasteiger partial charge on any atom is -0.481 e. The fourth-order valence-electron chi connectivity index (χ4n) is 1.61. The highest BCUT2D eigenvalue weighted by molar-refractivity contribution is 7.10. The van der Waals surface area contributed by atoms with Gasteiger partial charge in [-0.3, -0.25) is 4.79 Å². The second-order valence-corrected chi connectivity index (χ2v) is 4.76. The van der Waals surface area contributed by atoms with E-state index in [9.17, 15) is 4.79 Å². The molecule has 1 aromatic heterocycles. The fraction of sp³-hybridized carbons (Fsp3) is 0.583. The smallest absolute Gasteiger partial charge is 0.303 e. The number of aliphatic carboxylic acids is 1. The Hall–Kier alpha value is -0.870. The van der Waals surface area contributed by atoms with Gasteiger partial charge in [0.1, 0.15) is 0 Å². The first-order valence-corrected chi connectivity index (χ1v) is 6.60. The predicted octanol–water partition coefficient (Wildman–Crippen LogP) is 3.04. The van der Waals surface area contributed by atoms with Crippen LogP contribution >= 0.6 is 11.3 Å². The molecule has 0 bridgehead atoms. The number of thiophene rings is 1. The normalized spacial score (nSPS) is 12.6. The molecule has 0 aliphatic carbocycles. The van der Waals surface area contributed by atoms with Crippen molar-refractivity contribution >= 4 is 17.3 Å². The van der Waals surface area contributed by atoms with Gasteiger partial charge in [0.2, 0.25) is 0 Å². The minimum atomic E-state index is -0.703. The molecule has 4 heteroatoms. The Bertz CT molecular complexity index is 298. The summed E-state index contributed by atoms with van der Waals surface area (Å²) in [6.07, 6.45) is 3.02. The maximum absolute atomic E-state index is 10.3. The second kappa shape index (κ2) is 7.41. The topological polar surface area (TPSA) is 49.3 Å². The van der Waals surface area contributed by atoms with Gasteiger partial charge >= 0.3 is 5.97 Å². The van der Waals surface area contributed by atoms with E-state index in [-0.39, 0.29) is 6.42 Å². The molecule has 0 saturated carbocycles. The zero-order valence-corrected chi connectivity index (χ0v) is 10.4. The molecule has 0 aromatic carbocycles. The highest BCUT2D eigenvalue weighted by Crippen LogP contribution is 2.21. The van der Waals surface area contributed by atoms with E-state index < -0.39 is 5.97 Å². The van der Waals surface area contributed by atoms with Gasteiger partial charge in [0, 0.05) is 17.3 Å². The van der Waals surface area contributed by atoms with Crippen molar-refractivity contribution in [2.45, 2.75) is 38.6 Å². The van der Waals surface area contributed by atoms with E-state index in [1.165, 1.54) is 4.88 Å². The molecule has 1 atom stereocenters. The molecule has 16 heavy (non-hydrogen) atoms. The van der Waals surface area contributed by atoms with E-state index in [0.29, 0.717) is 6.04 Å². The highest BCUT2D eigenvalue weighted by Gasteiger charge is 2.08. The lowest BCUT2D eigenvalue weighted by Gasteiger charge is -2.14. The van der Waals surface area contributed by atoms with Crippen molar-refractivity contribution in [1.29, 1.82) is 0 Å². The van der Waals surface area contributed by atoms with Gasteiger partial charge in [-0.25, -0.2) is 0 Å². The van der Waals surface area contributed by atoms with Gasteiger partial charge in [0.25, 0.3) is 0 Å². The fourth-order valence-corrected chi connectivity index (χ4v) is 2.50. The summed E-state index contributed by atoms with van der Waals surface area (Å²) in [6.45, 7) is 3.05. The van der Waals surface area contributed by atoms with Crippen LogP contribution in [0.3, 0.4) is 0 Å². The number of unbranched alkanes of at least 4 members (excludes halogenated alkanes) is 1. The van der Waals surface area contributed by atoms with Crippen LogP contribution < -0.4 is 5.32 Å². The number of hydrogen-bond acceptors (Lipinski definition) is 3. The van der Waals surface area contributed by atoms with Crippen LogP contribution in [0.5, 0.6) is 0 Å². The average Bonchev–Trinajstić information content (AvgIpc) is 2.76. The van der Waals surface area contributed by atoms with Crippen LogP contribution in [0, 0.1) is 0 Å². The zero-order chi connectivity index (χ0) is 11.8. The van der Waals surface area contributed by atoms with Crippen molar-refractivity contribution in [1.82, 2.24) is 5.32 Å². The lowest BCUT2D eigenvalue weighted by Crippen LogP contribution is -2.21. The molecule has 0 aliphatic heterocycles. The van der Waals surface area contributed by atoms with Gasteiger partial charge in [-0.2, -0.15) is 0 Å². The first-order valence-electron chi connectivity index (χ1n) is 5.72. The summed E-state index contributed by atoms with van der Waals surface area (Å²) >= 11 is 1.77. The second-order valence-electron chi connectivity index (χ2n) is 3.78. The van der Waals surface area contributed by atoms with Crippen LogP contribution in [-0.4, -0.2) is 17.6 Å². The van der Waals surface area contributed by atoms with E-state index in [0.717, 1.165) is 25.8 Å². The van der Waals surface area contributed by atoms with Gasteiger partial charge in [0.15, 0.2) is 0 Å². The molecule has 0 aliphatic rings. The Kier molecular flexibility index (Phi) is 6.11. The largest absolute Gasteiger partial charge is 0.481 e. The van der Waals surface area contributed by atoms with Gasteiger partial charge in [-0.05, 0) is 37.3 Å². The molecule has 0 spiro atoms. The third kappa shape index (κ3) is 4.77. The van der Waals surface area contributed by atoms with Crippen LogP contribution in [0.15, 0.2) is 17.5 Å². The molecule has 0 fully saturated rings. The van der Waals surface area contributed by atoms with E-state index in [2.05, 4.69) is 29.8 Å². The molecule has 90 valence electrons. The van der Waals surface area contributed by atoms with E-state index >= 15 is 0 Å². The molecule has 1 aromatic rings. The Morgan fingerprint density at radius 2 is 2.38 bits per heavy atom. The monoisotopic (exact) mass is 241 g/mol. The van der Waals surface area contributed by atoms with Crippen LogP contribution in [0.1, 0.15) is 43.5 Å². The summed E-state index contributed by atoms with van der Waals surface area (Å²) in [7, 11) is 0. The van der Waals surface area contributed by atoms with Gasteiger partial charge in [-0.15, -0.1) is 11.3 Å². The van der Waals surface area contributed by atoms with Crippen LogP contribution in [0.25, 0.3) is 0 Å². The summed E-state index contributed by atoms with van der Waals surface area (Å²) < 4.78 is 0. The third-order valence-corrected chi connectivity index (χ3v) is 3.49. The van der Waals surface area contributed by atoms with Gasteiger partial charge in [0.05, 0.1) is 0 Å². The van der Waals surface area contributed by atoms with Crippen LogP contribution in [0.2, 0.25) is 0 Å². The average molecular weight is 241 g/mol. The van der Waals surface area contributed by atoms with Gasteiger partial charge in [-0.1, -0.05) is 13.0 Å². The number of rotatable bonds is 8. The van der Waals surface area contributed by atoms with E-state index in [4.69, 9.17) is 5.11 Å². The standard InChI is InChI=1S/C12H19NO2S/c1-2-10(11-6-5-9-16-11)13-8-4-3-7-12(14)15/h5-6,9-10,13H,2-4,7-8H2,1H3,(H,14,15). The molecule has 0 radical (unpaired) electrons. The maximum atomic E-state index is 10.3. The molecular formula is C12H19NO2S. The lowest BCUT2D eigenvalue weighted by atomic mass is 10.1. The first kappa shape index (κ1) is 13.2. The molecule has 1 heterocycles. The van der Waals surface area contributed by atoms with E-state index in [1.807, 2.05) is 0 Å². The van der Waals surface area contributed by atoms with E-state index in [1.54, 1.807) is 11.3 Å². The Morgan fingerprint density at radius 3 is 2.94 bits per heavy atom. The number of carboxylic acid groups (broad SMARTS) is 1.